The van der Waals surface area contributed by atoms with Crippen molar-refractivity contribution in [2.75, 3.05) is 0 Å². The molecule has 0 unspecified atom stereocenters. The number of rotatable bonds is 4. The van der Waals surface area contributed by atoms with Crippen molar-refractivity contribution in [3.8, 4) is 0 Å². The van der Waals surface area contributed by atoms with Crippen LogP contribution in [0.1, 0.15) is 16.7 Å². The average molecular weight is 266 g/mol. The van der Waals surface area contributed by atoms with Crippen LogP contribution in [0.4, 0.5) is 0 Å². The molecule has 20 heavy (non-hydrogen) atoms. The molecule has 4 nitrogen and oxygen atoms in total. The molecule has 0 spiro atoms. The summed E-state index contributed by atoms with van der Waals surface area (Å²) < 4.78 is 0. The maximum atomic E-state index is 11.0. The predicted molar refractivity (Wildman–Crippen MR) is 79.4 cm³/mol. The fraction of sp³-hybridized carbons (Fsp3) is 0. The molecule has 0 saturated carbocycles. The van der Waals surface area contributed by atoms with Crippen LogP contribution < -0.4 is 0 Å². The summed E-state index contributed by atoms with van der Waals surface area (Å²) in [5, 5.41) is 22.3. The van der Waals surface area contributed by atoms with Crippen LogP contribution in [0.5, 0.6) is 0 Å². The molecule has 0 aliphatic heterocycles. The minimum absolute atomic E-state index is 0.308. The normalized spacial score (nSPS) is 11.7. The van der Waals surface area contributed by atoms with Crippen molar-refractivity contribution in [3.63, 3.8) is 0 Å². The Kier molecular flexibility index (Phi) is 4.29. The van der Waals surface area contributed by atoms with Crippen LogP contribution in [0, 0.1) is 5.21 Å². The Labute approximate surface area is 116 Å². The topological polar surface area (TPSA) is 72.7 Å². The van der Waals surface area contributed by atoms with Crippen molar-refractivity contribution in [1.82, 2.24) is 0 Å². The van der Waals surface area contributed by atoms with Crippen LogP contribution >= 0.6 is 0 Å². The van der Waals surface area contributed by atoms with Crippen molar-refractivity contribution in [1.29, 1.82) is 0 Å². The molecule has 2 aromatic carbocycles. The van der Waals surface area contributed by atoms with E-state index in [0.717, 1.165) is 5.56 Å². The zero-order chi connectivity index (χ0) is 14.4. The van der Waals surface area contributed by atoms with Crippen molar-refractivity contribution in [2.24, 2.45) is 5.16 Å². The Morgan fingerprint density at radius 3 is 2.30 bits per heavy atom. The Hall–Kier alpha value is -2.88. The van der Waals surface area contributed by atoms with Gasteiger partial charge in [-0.3, -0.25) is 0 Å². The van der Waals surface area contributed by atoms with E-state index in [2.05, 4.69) is 5.16 Å². The summed E-state index contributed by atoms with van der Waals surface area (Å²) in [5.74, 6) is -1.33. The number of carboxylic acid groups (broad SMARTS) is 1. The molecule has 0 amide bonds. The fourth-order valence-corrected chi connectivity index (χ4v) is 1.81. The molecule has 0 aromatic heterocycles. The van der Waals surface area contributed by atoms with Gasteiger partial charge in [-0.25, -0.2) is 4.79 Å². The Morgan fingerprint density at radius 2 is 1.65 bits per heavy atom. The number of nitrogens with zero attached hydrogens (tertiary/aromatic N) is 1. The molecule has 0 bridgehead atoms. The Bertz CT molecular complexity index is 660. The SMILES string of the molecule is O=C(O)/C(=N\[O-])c1ccccc1/C=C/c1ccccc1. The van der Waals surface area contributed by atoms with E-state index in [1.807, 2.05) is 36.4 Å². The third-order valence-corrected chi connectivity index (χ3v) is 2.76. The van der Waals surface area contributed by atoms with E-state index in [1.54, 1.807) is 30.3 Å². The molecular formula is C16H12NO3-. The molecule has 0 radical (unpaired) electrons. The molecule has 0 heterocycles. The first-order valence-corrected chi connectivity index (χ1v) is 5.98. The number of aliphatic carboxylic acids is 1. The van der Waals surface area contributed by atoms with Crippen LogP contribution in [0.15, 0.2) is 59.8 Å². The maximum Gasteiger partial charge on any atom is 0.354 e. The first-order valence-electron chi connectivity index (χ1n) is 5.98. The standard InChI is InChI=1S/C16H13NO3/c18-16(19)15(17-20)14-9-5-4-8-13(14)11-10-12-6-2-1-3-7-12/h1-11,20H,(H,18,19)/p-1/b11-10+,17-15-. The molecule has 0 saturated heterocycles. The highest BCUT2D eigenvalue weighted by molar-refractivity contribution is 6.43. The van der Waals surface area contributed by atoms with Crippen molar-refractivity contribution in [3.05, 3.63) is 76.5 Å². The molecular weight excluding hydrogens is 254 g/mol. The monoisotopic (exact) mass is 266 g/mol. The number of hydrogen-bond donors (Lipinski definition) is 1. The van der Waals surface area contributed by atoms with Gasteiger partial charge in [-0.15, -0.1) is 0 Å². The van der Waals surface area contributed by atoms with Gasteiger partial charge in [0.05, 0.1) is 0 Å². The summed E-state index contributed by atoms with van der Waals surface area (Å²) >= 11 is 0. The lowest BCUT2D eigenvalue weighted by molar-refractivity contribution is -0.129. The van der Waals surface area contributed by atoms with E-state index in [4.69, 9.17) is 5.11 Å². The highest BCUT2D eigenvalue weighted by atomic mass is 16.4. The highest BCUT2D eigenvalue weighted by Gasteiger charge is 2.12. The zero-order valence-electron chi connectivity index (χ0n) is 10.6. The van der Waals surface area contributed by atoms with Gasteiger partial charge in [-0.1, -0.05) is 66.7 Å². The fourth-order valence-electron chi connectivity index (χ4n) is 1.81. The van der Waals surface area contributed by atoms with Gasteiger partial charge in [-0.2, -0.15) is 0 Å². The molecule has 4 heteroatoms. The quantitative estimate of drug-likeness (QED) is 0.524. The van der Waals surface area contributed by atoms with Gasteiger partial charge in [0.1, 0.15) is 5.71 Å². The number of carboxylic acids is 1. The van der Waals surface area contributed by atoms with Gasteiger partial charge in [0.2, 0.25) is 0 Å². The molecule has 0 aliphatic rings. The second-order valence-electron chi connectivity index (χ2n) is 4.08. The smallest absolute Gasteiger partial charge is 0.354 e. The molecule has 2 aromatic rings. The third kappa shape index (κ3) is 3.11. The molecule has 2 rings (SSSR count). The van der Waals surface area contributed by atoms with E-state index in [1.165, 1.54) is 0 Å². The lowest BCUT2D eigenvalue weighted by Gasteiger charge is -2.07. The van der Waals surface area contributed by atoms with E-state index in [-0.39, 0.29) is 0 Å². The largest absolute Gasteiger partial charge is 0.791 e. The van der Waals surface area contributed by atoms with Gasteiger partial charge in [0, 0.05) is 5.56 Å². The van der Waals surface area contributed by atoms with Gasteiger partial charge < -0.3 is 15.5 Å². The van der Waals surface area contributed by atoms with Crippen LogP contribution in [-0.4, -0.2) is 16.8 Å². The van der Waals surface area contributed by atoms with Gasteiger partial charge in [0.15, 0.2) is 0 Å². The van der Waals surface area contributed by atoms with Crippen LogP contribution in [-0.2, 0) is 4.79 Å². The van der Waals surface area contributed by atoms with E-state index in [9.17, 15) is 10.0 Å². The van der Waals surface area contributed by atoms with E-state index >= 15 is 0 Å². The average Bonchev–Trinajstić information content (AvgIpc) is 2.48. The summed E-state index contributed by atoms with van der Waals surface area (Å²) in [5.41, 5.74) is 1.44. The summed E-state index contributed by atoms with van der Waals surface area (Å²) in [6.45, 7) is 0. The van der Waals surface area contributed by atoms with E-state index in [0.29, 0.717) is 11.1 Å². The number of carbonyl (C=O) groups is 1. The van der Waals surface area contributed by atoms with Crippen molar-refractivity contribution >= 4 is 23.8 Å². The number of benzene rings is 2. The van der Waals surface area contributed by atoms with Crippen molar-refractivity contribution in [2.45, 2.75) is 0 Å². The lowest BCUT2D eigenvalue weighted by Crippen LogP contribution is -2.15. The summed E-state index contributed by atoms with van der Waals surface area (Å²) in [7, 11) is 0. The molecule has 1 N–H and O–H groups in total. The van der Waals surface area contributed by atoms with Crippen LogP contribution in [0.3, 0.4) is 0 Å². The summed E-state index contributed by atoms with van der Waals surface area (Å²) in [6, 6.07) is 16.3. The second-order valence-corrected chi connectivity index (χ2v) is 4.08. The van der Waals surface area contributed by atoms with Gasteiger partial charge in [-0.05, 0) is 11.1 Å². The molecule has 100 valence electrons. The van der Waals surface area contributed by atoms with Gasteiger partial charge >= 0.3 is 5.97 Å². The molecule has 0 aliphatic carbocycles. The van der Waals surface area contributed by atoms with Gasteiger partial charge in [0.25, 0.3) is 0 Å². The first kappa shape index (κ1) is 13.5. The zero-order valence-corrected chi connectivity index (χ0v) is 10.6. The summed E-state index contributed by atoms with van der Waals surface area (Å²) in [4.78, 5) is 11.0. The maximum absolute atomic E-state index is 11.0. The first-order chi connectivity index (χ1) is 9.72. The molecule has 0 atom stereocenters. The second kappa shape index (κ2) is 6.33. The summed E-state index contributed by atoms with van der Waals surface area (Å²) in [6.07, 6.45) is 3.61. The van der Waals surface area contributed by atoms with E-state index < -0.39 is 11.7 Å². The minimum Gasteiger partial charge on any atom is -0.791 e. The molecule has 0 fully saturated rings. The minimum atomic E-state index is -1.33. The van der Waals surface area contributed by atoms with Crippen molar-refractivity contribution < 1.29 is 9.90 Å². The Morgan fingerprint density at radius 1 is 1.00 bits per heavy atom. The predicted octanol–water partition coefficient (Wildman–Crippen LogP) is 3.23. The Balaban J connectivity index is 2.39. The van der Waals surface area contributed by atoms with Crippen LogP contribution in [0.2, 0.25) is 0 Å². The van der Waals surface area contributed by atoms with Crippen LogP contribution in [0.25, 0.3) is 12.2 Å². The highest BCUT2D eigenvalue weighted by Crippen LogP contribution is 2.14. The lowest BCUT2D eigenvalue weighted by atomic mass is 10.0. The number of hydrogen-bond acceptors (Lipinski definition) is 3. The third-order valence-electron chi connectivity index (χ3n) is 2.76.